The van der Waals surface area contributed by atoms with Crippen LogP contribution in [-0.2, 0) is 4.74 Å². The molecule has 0 aliphatic rings. The lowest BCUT2D eigenvalue weighted by Gasteiger charge is -2.11. The zero-order chi connectivity index (χ0) is 13.5. The van der Waals surface area contributed by atoms with Crippen molar-refractivity contribution in [2.24, 2.45) is 0 Å². The van der Waals surface area contributed by atoms with Crippen molar-refractivity contribution in [1.29, 1.82) is 0 Å². The van der Waals surface area contributed by atoms with Crippen molar-refractivity contribution in [3.8, 4) is 0 Å². The second-order valence-corrected chi connectivity index (χ2v) is 4.18. The molecule has 0 fully saturated rings. The number of nitrogens with one attached hydrogen (secondary N) is 1. The number of nitrogens with zero attached hydrogens (tertiary/aromatic N) is 1. The number of hydrogen-bond donors (Lipinski definition) is 2. The monoisotopic (exact) mass is 274 g/mol. The molecule has 1 unspecified atom stereocenters. The third-order valence-electron chi connectivity index (χ3n) is 2.31. The van der Waals surface area contributed by atoms with Gasteiger partial charge in [-0.3, -0.25) is 10.1 Å². The van der Waals surface area contributed by atoms with Crippen LogP contribution in [0.4, 0.5) is 11.4 Å². The quantitative estimate of drug-likeness (QED) is 0.587. The average molecular weight is 275 g/mol. The molecule has 1 rings (SSSR count). The van der Waals surface area contributed by atoms with Crippen molar-refractivity contribution in [3.63, 3.8) is 0 Å². The highest BCUT2D eigenvalue weighted by Gasteiger charge is 2.14. The molecular weight excluding hydrogens is 260 g/mol. The van der Waals surface area contributed by atoms with Gasteiger partial charge < -0.3 is 15.2 Å². The van der Waals surface area contributed by atoms with Gasteiger partial charge in [0.2, 0.25) is 0 Å². The van der Waals surface area contributed by atoms with Crippen LogP contribution in [0.2, 0.25) is 5.02 Å². The molecule has 0 heterocycles. The highest BCUT2D eigenvalue weighted by atomic mass is 35.5. The van der Waals surface area contributed by atoms with Gasteiger partial charge in [0.1, 0.15) is 5.69 Å². The van der Waals surface area contributed by atoms with Crippen LogP contribution >= 0.6 is 11.6 Å². The summed E-state index contributed by atoms with van der Waals surface area (Å²) in [6.45, 7) is 0.650. The molecule has 0 radical (unpaired) electrons. The van der Waals surface area contributed by atoms with E-state index >= 15 is 0 Å². The Hall–Kier alpha value is -1.37. The fourth-order valence-corrected chi connectivity index (χ4v) is 1.62. The first-order chi connectivity index (χ1) is 8.54. The fraction of sp³-hybridized carbons (Fsp3) is 0.455. The van der Waals surface area contributed by atoms with E-state index in [0.717, 1.165) is 0 Å². The van der Waals surface area contributed by atoms with Crippen molar-refractivity contribution in [3.05, 3.63) is 33.3 Å². The Morgan fingerprint density at radius 2 is 2.33 bits per heavy atom. The van der Waals surface area contributed by atoms with Gasteiger partial charge in [0, 0.05) is 24.7 Å². The van der Waals surface area contributed by atoms with Gasteiger partial charge in [-0.15, -0.1) is 0 Å². The summed E-state index contributed by atoms with van der Waals surface area (Å²) in [6.07, 6.45) is -0.151. The summed E-state index contributed by atoms with van der Waals surface area (Å²) in [7, 11) is 1.50. The lowest BCUT2D eigenvalue weighted by molar-refractivity contribution is -0.383. The van der Waals surface area contributed by atoms with Gasteiger partial charge in [0.05, 0.1) is 17.6 Å². The van der Waals surface area contributed by atoms with Gasteiger partial charge in [-0.2, -0.15) is 0 Å². The predicted molar refractivity (Wildman–Crippen MR) is 69.1 cm³/mol. The number of methoxy groups -OCH3 is 1. The Labute approximate surface area is 110 Å². The molecular formula is C11H15ClN2O4. The van der Waals surface area contributed by atoms with E-state index in [1.807, 2.05) is 0 Å². The third-order valence-corrected chi connectivity index (χ3v) is 2.54. The number of aliphatic hydroxyl groups excluding tert-OH is 1. The maximum absolute atomic E-state index is 10.8. The van der Waals surface area contributed by atoms with E-state index in [1.165, 1.54) is 13.2 Å². The molecule has 1 aromatic rings. The summed E-state index contributed by atoms with van der Waals surface area (Å²) in [5, 5.41) is 23.4. The molecule has 0 aliphatic heterocycles. The summed E-state index contributed by atoms with van der Waals surface area (Å²) in [5.74, 6) is 0. The molecule has 0 bridgehead atoms. The Balaban J connectivity index is 2.59. The smallest absolute Gasteiger partial charge is 0.293 e. The third kappa shape index (κ3) is 4.48. The SMILES string of the molecule is COCC(O)CCNc1ccc(Cl)cc1[N+](=O)[O-]. The molecule has 100 valence electrons. The predicted octanol–water partition coefficient (Wildman–Crippen LogP) is 2.06. The van der Waals surface area contributed by atoms with E-state index in [-0.39, 0.29) is 12.3 Å². The van der Waals surface area contributed by atoms with Crippen LogP contribution < -0.4 is 5.32 Å². The summed E-state index contributed by atoms with van der Waals surface area (Å²) >= 11 is 5.70. The van der Waals surface area contributed by atoms with Crippen LogP contribution in [0.25, 0.3) is 0 Å². The van der Waals surface area contributed by atoms with Crippen LogP contribution in [-0.4, -0.2) is 36.4 Å². The van der Waals surface area contributed by atoms with E-state index in [2.05, 4.69) is 5.32 Å². The van der Waals surface area contributed by atoms with Crippen LogP contribution in [0.1, 0.15) is 6.42 Å². The van der Waals surface area contributed by atoms with Gasteiger partial charge in [-0.05, 0) is 18.6 Å². The van der Waals surface area contributed by atoms with Crippen LogP contribution in [0.15, 0.2) is 18.2 Å². The average Bonchev–Trinajstić information content (AvgIpc) is 2.31. The minimum atomic E-state index is -0.589. The summed E-state index contributed by atoms with van der Waals surface area (Å²) in [5.41, 5.74) is 0.303. The van der Waals surface area contributed by atoms with Gasteiger partial charge in [0.25, 0.3) is 5.69 Å². The molecule has 0 spiro atoms. The Bertz CT molecular complexity index is 414. The number of hydrogen-bond acceptors (Lipinski definition) is 5. The summed E-state index contributed by atoms with van der Waals surface area (Å²) in [4.78, 5) is 10.3. The largest absolute Gasteiger partial charge is 0.391 e. The highest BCUT2D eigenvalue weighted by molar-refractivity contribution is 6.30. The number of halogens is 1. The van der Waals surface area contributed by atoms with Crippen LogP contribution in [0.5, 0.6) is 0 Å². The Kier molecular flexibility index (Phi) is 5.84. The molecule has 18 heavy (non-hydrogen) atoms. The van der Waals surface area contributed by atoms with Crippen molar-refractivity contribution >= 4 is 23.0 Å². The Morgan fingerprint density at radius 3 is 2.94 bits per heavy atom. The number of nitro benzene ring substituents is 1. The highest BCUT2D eigenvalue weighted by Crippen LogP contribution is 2.27. The van der Waals surface area contributed by atoms with Crippen LogP contribution in [0.3, 0.4) is 0 Å². The number of rotatable bonds is 7. The topological polar surface area (TPSA) is 84.6 Å². The zero-order valence-electron chi connectivity index (χ0n) is 9.93. The molecule has 6 nitrogen and oxygen atoms in total. The van der Waals surface area contributed by atoms with E-state index in [9.17, 15) is 15.2 Å². The van der Waals surface area contributed by atoms with E-state index < -0.39 is 11.0 Å². The summed E-state index contributed by atoms with van der Waals surface area (Å²) in [6, 6.07) is 4.40. The molecule has 7 heteroatoms. The molecule has 0 saturated heterocycles. The van der Waals surface area contributed by atoms with Crippen LogP contribution in [0, 0.1) is 10.1 Å². The van der Waals surface area contributed by atoms with Gasteiger partial charge in [-0.1, -0.05) is 11.6 Å². The first-order valence-corrected chi connectivity index (χ1v) is 5.77. The molecule has 1 aromatic carbocycles. The lowest BCUT2D eigenvalue weighted by Crippen LogP contribution is -2.18. The number of anilines is 1. The van der Waals surface area contributed by atoms with E-state index in [0.29, 0.717) is 23.7 Å². The summed E-state index contributed by atoms with van der Waals surface area (Å²) < 4.78 is 4.78. The number of nitro groups is 1. The molecule has 2 N–H and O–H groups in total. The molecule has 0 saturated carbocycles. The first kappa shape index (κ1) is 14.7. The first-order valence-electron chi connectivity index (χ1n) is 5.39. The minimum absolute atomic E-state index is 0.0799. The maximum atomic E-state index is 10.8. The van der Waals surface area contributed by atoms with Crippen molar-refractivity contribution in [1.82, 2.24) is 0 Å². The number of benzene rings is 1. The molecule has 0 aromatic heterocycles. The number of aliphatic hydroxyl groups is 1. The van der Waals surface area contributed by atoms with E-state index in [1.54, 1.807) is 12.1 Å². The second kappa shape index (κ2) is 7.15. The molecule has 0 aliphatic carbocycles. The fourth-order valence-electron chi connectivity index (χ4n) is 1.45. The van der Waals surface area contributed by atoms with Gasteiger partial charge >= 0.3 is 0 Å². The normalized spacial score (nSPS) is 12.2. The number of ether oxygens (including phenoxy) is 1. The maximum Gasteiger partial charge on any atom is 0.293 e. The van der Waals surface area contributed by atoms with Gasteiger partial charge in [0.15, 0.2) is 0 Å². The lowest BCUT2D eigenvalue weighted by atomic mass is 10.2. The Morgan fingerprint density at radius 1 is 1.61 bits per heavy atom. The molecule has 1 atom stereocenters. The zero-order valence-corrected chi connectivity index (χ0v) is 10.7. The minimum Gasteiger partial charge on any atom is -0.391 e. The molecule has 0 amide bonds. The van der Waals surface area contributed by atoms with Gasteiger partial charge in [-0.25, -0.2) is 0 Å². The standard InChI is InChI=1S/C11H15ClN2O4/c1-18-7-9(15)4-5-13-10-3-2-8(12)6-11(10)14(16)17/h2-3,6,9,13,15H,4-5,7H2,1H3. The van der Waals surface area contributed by atoms with Crippen molar-refractivity contribution in [2.45, 2.75) is 12.5 Å². The second-order valence-electron chi connectivity index (χ2n) is 3.74. The van der Waals surface area contributed by atoms with E-state index in [4.69, 9.17) is 16.3 Å². The van der Waals surface area contributed by atoms with Crippen molar-refractivity contribution in [2.75, 3.05) is 25.6 Å². The van der Waals surface area contributed by atoms with Crippen molar-refractivity contribution < 1.29 is 14.8 Å².